The van der Waals surface area contributed by atoms with E-state index in [0.29, 0.717) is 37.1 Å². The van der Waals surface area contributed by atoms with Gasteiger partial charge in [-0.25, -0.2) is 4.98 Å². The van der Waals surface area contributed by atoms with E-state index in [-0.39, 0.29) is 23.9 Å². The fourth-order valence-corrected chi connectivity index (χ4v) is 5.19. The summed E-state index contributed by atoms with van der Waals surface area (Å²) < 4.78 is 0. The summed E-state index contributed by atoms with van der Waals surface area (Å²) in [6.45, 7) is 3.48. The van der Waals surface area contributed by atoms with Crippen LogP contribution in [-0.4, -0.2) is 81.2 Å². The first kappa shape index (κ1) is 24.6. The number of nitrogens with zero attached hydrogens (tertiary/aromatic N) is 5. The Morgan fingerprint density at radius 1 is 1.00 bits per heavy atom. The fraction of sp³-hybridized carbons (Fsp3) is 0.310. The molecule has 8 nitrogen and oxygen atoms in total. The summed E-state index contributed by atoms with van der Waals surface area (Å²) in [7, 11) is 3.55. The smallest absolute Gasteiger partial charge is 0.257 e. The van der Waals surface area contributed by atoms with Crippen LogP contribution < -0.4 is 0 Å². The van der Waals surface area contributed by atoms with Crippen LogP contribution in [0.5, 0.6) is 0 Å². The number of rotatable bonds is 6. The van der Waals surface area contributed by atoms with Crippen molar-refractivity contribution in [1.82, 2.24) is 29.7 Å². The molecule has 3 heterocycles. The van der Waals surface area contributed by atoms with Crippen molar-refractivity contribution in [2.45, 2.75) is 25.4 Å². The number of benzene rings is 2. The second kappa shape index (κ2) is 10.5. The maximum Gasteiger partial charge on any atom is 0.257 e. The number of carbonyl (C=O) groups excluding carboxylic acids is 2. The number of pyridine rings is 1. The number of H-pyrrole nitrogens is 1. The van der Waals surface area contributed by atoms with E-state index in [2.05, 4.69) is 44.1 Å². The summed E-state index contributed by atoms with van der Waals surface area (Å²) in [5.74, 6) is 0.670. The molecule has 1 N–H and O–H groups in total. The predicted octanol–water partition coefficient (Wildman–Crippen LogP) is 3.66. The van der Waals surface area contributed by atoms with Gasteiger partial charge in [-0.05, 0) is 18.1 Å². The SMILES string of the molecule is Cc1nc2c(C(=O)N3CCN(C(c4ccccc4)c4ccccc4)[C@H](CC(=O)N(C)C)C3)cncc2[nH]1. The summed E-state index contributed by atoms with van der Waals surface area (Å²) in [5.41, 5.74) is 4.19. The van der Waals surface area contributed by atoms with Crippen molar-refractivity contribution in [3.05, 3.63) is 95.6 Å². The molecule has 37 heavy (non-hydrogen) atoms. The van der Waals surface area contributed by atoms with E-state index in [0.717, 1.165) is 22.5 Å². The minimum Gasteiger partial charge on any atom is -0.349 e. The molecular weight excluding hydrogens is 464 g/mol. The van der Waals surface area contributed by atoms with Crippen LogP contribution in [0.25, 0.3) is 11.0 Å². The normalized spacial score (nSPS) is 16.3. The van der Waals surface area contributed by atoms with E-state index < -0.39 is 0 Å². The average Bonchev–Trinajstić information content (AvgIpc) is 3.30. The number of carbonyl (C=O) groups is 2. The topological polar surface area (TPSA) is 85.4 Å². The maximum absolute atomic E-state index is 13.7. The van der Waals surface area contributed by atoms with Crippen molar-refractivity contribution in [2.75, 3.05) is 33.7 Å². The largest absolute Gasteiger partial charge is 0.349 e. The first-order valence-electron chi connectivity index (χ1n) is 12.6. The fourth-order valence-electron chi connectivity index (χ4n) is 5.19. The Morgan fingerprint density at radius 2 is 1.65 bits per heavy atom. The van der Waals surface area contributed by atoms with E-state index in [9.17, 15) is 9.59 Å². The standard InChI is InChI=1S/C29H32N6O2/c1-20-31-25-18-30-17-24(27(25)32-20)29(37)34-14-15-35(23(19-34)16-26(36)33(2)3)28(21-10-6-4-7-11-21)22-12-8-5-9-13-22/h4-13,17-18,23,28H,14-16,19H2,1-3H3,(H,31,32)/t23-/m1/s1. The molecule has 1 saturated heterocycles. The van der Waals surface area contributed by atoms with Crippen LogP contribution in [0.4, 0.5) is 0 Å². The van der Waals surface area contributed by atoms with E-state index in [1.807, 2.05) is 48.2 Å². The van der Waals surface area contributed by atoms with Gasteiger partial charge in [-0.3, -0.25) is 19.5 Å². The minimum absolute atomic E-state index is 0.0290. The first-order valence-corrected chi connectivity index (χ1v) is 12.6. The average molecular weight is 497 g/mol. The highest BCUT2D eigenvalue weighted by Crippen LogP contribution is 2.33. The molecule has 2 amide bonds. The van der Waals surface area contributed by atoms with Crippen molar-refractivity contribution >= 4 is 22.8 Å². The number of nitrogens with one attached hydrogen (secondary N) is 1. The number of hydrogen-bond acceptors (Lipinski definition) is 5. The molecule has 0 saturated carbocycles. The summed E-state index contributed by atoms with van der Waals surface area (Å²) in [6.07, 6.45) is 3.60. The number of hydrogen-bond donors (Lipinski definition) is 1. The lowest BCUT2D eigenvalue weighted by atomic mass is 9.93. The van der Waals surface area contributed by atoms with Gasteiger partial charge in [0.15, 0.2) is 0 Å². The van der Waals surface area contributed by atoms with Gasteiger partial charge in [-0.2, -0.15) is 0 Å². The molecule has 2 aromatic carbocycles. The molecule has 1 aliphatic heterocycles. The van der Waals surface area contributed by atoms with Gasteiger partial charge in [0.1, 0.15) is 11.3 Å². The van der Waals surface area contributed by atoms with E-state index >= 15 is 0 Å². The van der Waals surface area contributed by atoms with Gasteiger partial charge in [-0.1, -0.05) is 60.7 Å². The molecule has 0 aliphatic carbocycles. The highest BCUT2D eigenvalue weighted by molar-refractivity contribution is 6.04. The lowest BCUT2D eigenvalue weighted by Gasteiger charge is -2.45. The molecule has 8 heteroatoms. The van der Waals surface area contributed by atoms with Crippen LogP contribution in [0.2, 0.25) is 0 Å². The molecule has 190 valence electrons. The quantitative estimate of drug-likeness (QED) is 0.440. The third-order valence-electron chi connectivity index (χ3n) is 7.03. The maximum atomic E-state index is 13.7. The highest BCUT2D eigenvalue weighted by Gasteiger charge is 2.37. The lowest BCUT2D eigenvalue weighted by molar-refractivity contribution is -0.130. The molecule has 1 atom stereocenters. The van der Waals surface area contributed by atoms with E-state index in [1.54, 1.807) is 31.4 Å². The Labute approximate surface area is 216 Å². The van der Waals surface area contributed by atoms with Crippen LogP contribution in [0.3, 0.4) is 0 Å². The van der Waals surface area contributed by atoms with Crippen molar-refractivity contribution in [1.29, 1.82) is 0 Å². The molecular formula is C29H32N6O2. The third kappa shape index (κ3) is 5.11. The zero-order valence-corrected chi connectivity index (χ0v) is 21.5. The van der Waals surface area contributed by atoms with E-state index in [4.69, 9.17) is 0 Å². The number of amides is 2. The lowest BCUT2D eigenvalue weighted by Crippen LogP contribution is -2.56. The van der Waals surface area contributed by atoms with Gasteiger partial charge in [0.25, 0.3) is 5.91 Å². The van der Waals surface area contributed by atoms with Gasteiger partial charge < -0.3 is 14.8 Å². The van der Waals surface area contributed by atoms with Crippen LogP contribution in [0, 0.1) is 6.92 Å². The zero-order chi connectivity index (χ0) is 25.9. The Balaban J connectivity index is 1.49. The number of aromatic amines is 1. The van der Waals surface area contributed by atoms with Gasteiger partial charge in [0, 0.05) is 52.4 Å². The molecule has 0 spiro atoms. The predicted molar refractivity (Wildman–Crippen MR) is 143 cm³/mol. The summed E-state index contributed by atoms with van der Waals surface area (Å²) in [5, 5.41) is 0. The molecule has 5 rings (SSSR count). The third-order valence-corrected chi connectivity index (χ3v) is 7.03. The van der Waals surface area contributed by atoms with Gasteiger partial charge in [0.05, 0.1) is 23.3 Å². The first-order chi connectivity index (χ1) is 17.9. The van der Waals surface area contributed by atoms with Crippen molar-refractivity contribution < 1.29 is 9.59 Å². The van der Waals surface area contributed by atoms with Crippen molar-refractivity contribution in [3.8, 4) is 0 Å². The summed E-state index contributed by atoms with van der Waals surface area (Å²) >= 11 is 0. The van der Waals surface area contributed by atoms with Crippen LogP contribution >= 0.6 is 0 Å². The number of aromatic nitrogens is 3. The molecule has 0 unspecified atom stereocenters. The van der Waals surface area contributed by atoms with Gasteiger partial charge in [-0.15, -0.1) is 0 Å². The molecule has 4 aromatic rings. The monoisotopic (exact) mass is 496 g/mol. The molecule has 1 fully saturated rings. The molecule has 2 aromatic heterocycles. The summed E-state index contributed by atoms with van der Waals surface area (Å²) in [6, 6.07) is 20.5. The van der Waals surface area contributed by atoms with Crippen LogP contribution in [-0.2, 0) is 4.79 Å². The second-order valence-electron chi connectivity index (χ2n) is 9.76. The van der Waals surface area contributed by atoms with E-state index in [1.165, 1.54) is 0 Å². The number of imidazole rings is 1. The Bertz CT molecular complexity index is 1350. The Morgan fingerprint density at radius 3 is 2.27 bits per heavy atom. The Hall–Kier alpha value is -4.04. The minimum atomic E-state index is -0.161. The van der Waals surface area contributed by atoms with Gasteiger partial charge >= 0.3 is 0 Å². The van der Waals surface area contributed by atoms with Crippen LogP contribution in [0.1, 0.15) is 39.8 Å². The van der Waals surface area contributed by atoms with Crippen LogP contribution in [0.15, 0.2) is 73.1 Å². The Kier molecular flexibility index (Phi) is 7.01. The highest BCUT2D eigenvalue weighted by atomic mass is 16.2. The molecule has 0 bridgehead atoms. The summed E-state index contributed by atoms with van der Waals surface area (Å²) in [4.78, 5) is 44.5. The molecule has 1 aliphatic rings. The van der Waals surface area contributed by atoms with Crippen molar-refractivity contribution in [3.63, 3.8) is 0 Å². The number of piperazine rings is 1. The van der Waals surface area contributed by atoms with Crippen molar-refractivity contribution in [2.24, 2.45) is 0 Å². The van der Waals surface area contributed by atoms with Gasteiger partial charge in [0.2, 0.25) is 5.91 Å². The number of aryl methyl sites for hydroxylation is 1. The molecule has 0 radical (unpaired) electrons. The number of fused-ring (bicyclic) bond motifs is 1. The zero-order valence-electron chi connectivity index (χ0n) is 21.5. The second-order valence-corrected chi connectivity index (χ2v) is 9.76.